The zero-order valence-electron chi connectivity index (χ0n) is 11.0. The predicted molar refractivity (Wildman–Crippen MR) is 76.0 cm³/mol. The van der Waals surface area contributed by atoms with Crippen LogP contribution in [0.4, 0.5) is 0 Å². The van der Waals surface area contributed by atoms with Crippen molar-refractivity contribution >= 4 is 17.0 Å². The SMILES string of the molecule is CC1=CCC(C)=C1.CC1=CCC(C)=C1.[Cl][Zr][Cl]. The Kier molecular flexibility index (Phi) is 10.6. The molecule has 0 heterocycles. The van der Waals surface area contributed by atoms with Gasteiger partial charge in [-0.1, -0.05) is 46.6 Å². The van der Waals surface area contributed by atoms with Crippen molar-refractivity contribution in [2.24, 2.45) is 0 Å². The van der Waals surface area contributed by atoms with Gasteiger partial charge >= 0.3 is 37.9 Å². The molecule has 3 heteroatoms. The van der Waals surface area contributed by atoms with Crippen LogP contribution >= 0.6 is 17.0 Å². The van der Waals surface area contributed by atoms with E-state index >= 15 is 0 Å². The molecule has 2 rings (SSSR count). The molecule has 0 fully saturated rings. The van der Waals surface area contributed by atoms with Gasteiger partial charge in [0.15, 0.2) is 0 Å². The predicted octanol–water partition coefficient (Wildman–Crippen LogP) is 5.94. The molecule has 0 unspecified atom stereocenters. The average molecular weight is 350 g/mol. The van der Waals surface area contributed by atoms with Crippen molar-refractivity contribution in [1.29, 1.82) is 0 Å². The summed E-state index contributed by atoms with van der Waals surface area (Å²) in [7, 11) is 9.87. The number of allylic oxidation sites excluding steroid dienone is 8. The third-order valence-corrected chi connectivity index (χ3v) is 2.44. The molecule has 0 radical (unpaired) electrons. The molecular weight excluding hydrogens is 330 g/mol. The van der Waals surface area contributed by atoms with Gasteiger partial charge in [-0.25, -0.2) is 0 Å². The summed E-state index contributed by atoms with van der Waals surface area (Å²) in [6.07, 6.45) is 11.3. The Balaban J connectivity index is 0.000000247. The Morgan fingerprint density at radius 3 is 1.18 bits per heavy atom. The van der Waals surface area contributed by atoms with E-state index in [-0.39, 0.29) is 0 Å². The van der Waals surface area contributed by atoms with Crippen LogP contribution in [0, 0.1) is 0 Å². The normalized spacial score (nSPS) is 16.6. The molecule has 0 amide bonds. The third kappa shape index (κ3) is 10.1. The van der Waals surface area contributed by atoms with Gasteiger partial charge in [0.05, 0.1) is 0 Å². The van der Waals surface area contributed by atoms with Gasteiger partial charge < -0.3 is 0 Å². The van der Waals surface area contributed by atoms with Gasteiger partial charge in [-0.15, -0.1) is 0 Å². The van der Waals surface area contributed by atoms with Crippen LogP contribution in [0.1, 0.15) is 40.5 Å². The fraction of sp³-hybridized carbons (Fsp3) is 0.429. The first-order chi connectivity index (χ1) is 7.99. The van der Waals surface area contributed by atoms with Crippen LogP contribution in [0.15, 0.2) is 46.6 Å². The first-order valence-corrected chi connectivity index (χ1v) is 12.0. The number of hydrogen-bond donors (Lipinski definition) is 0. The van der Waals surface area contributed by atoms with Crippen molar-refractivity contribution in [3.05, 3.63) is 46.6 Å². The third-order valence-electron chi connectivity index (χ3n) is 2.44. The molecule has 2 aliphatic carbocycles. The summed E-state index contributed by atoms with van der Waals surface area (Å²) in [4.78, 5) is 0. The zero-order valence-corrected chi connectivity index (χ0v) is 14.9. The molecule has 0 N–H and O–H groups in total. The summed E-state index contributed by atoms with van der Waals surface area (Å²) in [5.41, 5.74) is 5.80. The van der Waals surface area contributed by atoms with Gasteiger partial charge in [0.25, 0.3) is 0 Å². The zero-order chi connectivity index (χ0) is 13.3. The van der Waals surface area contributed by atoms with Gasteiger partial charge in [-0.05, 0) is 40.5 Å². The van der Waals surface area contributed by atoms with Crippen LogP contribution in [-0.4, -0.2) is 0 Å². The van der Waals surface area contributed by atoms with Crippen molar-refractivity contribution in [2.75, 3.05) is 0 Å². The van der Waals surface area contributed by atoms with E-state index in [1.165, 1.54) is 35.1 Å². The van der Waals surface area contributed by atoms with Crippen molar-refractivity contribution in [3.8, 4) is 0 Å². The van der Waals surface area contributed by atoms with Crippen LogP contribution < -0.4 is 0 Å². The molecule has 17 heavy (non-hydrogen) atoms. The molecule has 94 valence electrons. The Bertz CT molecular complexity index is 315. The number of rotatable bonds is 0. The van der Waals surface area contributed by atoms with Gasteiger partial charge in [-0.3, -0.25) is 0 Å². The van der Waals surface area contributed by atoms with E-state index in [2.05, 4.69) is 52.0 Å². The van der Waals surface area contributed by atoms with Crippen LogP contribution in [0.3, 0.4) is 0 Å². The summed E-state index contributed by atoms with van der Waals surface area (Å²) in [5, 5.41) is 0. The molecule has 0 aromatic heterocycles. The molecule has 0 aromatic carbocycles. The second-order valence-electron chi connectivity index (χ2n) is 4.36. The van der Waals surface area contributed by atoms with E-state index in [9.17, 15) is 0 Å². The quantitative estimate of drug-likeness (QED) is 0.507. The molecule has 0 saturated heterocycles. The Labute approximate surface area is 124 Å². The Morgan fingerprint density at radius 1 is 0.824 bits per heavy atom. The topological polar surface area (TPSA) is 0 Å². The molecule has 0 bridgehead atoms. The summed E-state index contributed by atoms with van der Waals surface area (Å²) in [6, 6.07) is 0. The second-order valence-corrected chi connectivity index (χ2v) is 8.09. The van der Waals surface area contributed by atoms with E-state index in [0.29, 0.717) is 0 Å². The molecule has 0 atom stereocenters. The molecule has 0 spiro atoms. The van der Waals surface area contributed by atoms with Crippen LogP contribution in [0.25, 0.3) is 0 Å². The Hall–Kier alpha value is 0.423. The van der Waals surface area contributed by atoms with Crippen LogP contribution in [0.5, 0.6) is 0 Å². The van der Waals surface area contributed by atoms with Gasteiger partial charge in [-0.2, -0.15) is 0 Å². The van der Waals surface area contributed by atoms with E-state index in [1.807, 2.05) is 0 Å². The van der Waals surface area contributed by atoms with Crippen molar-refractivity contribution in [2.45, 2.75) is 40.5 Å². The van der Waals surface area contributed by atoms with E-state index < -0.39 is 20.8 Å². The fourth-order valence-electron chi connectivity index (χ4n) is 1.66. The number of halogens is 2. The monoisotopic (exact) mass is 348 g/mol. The minimum absolute atomic E-state index is 0.826. The molecule has 0 saturated carbocycles. The molecule has 0 aromatic rings. The Morgan fingerprint density at radius 2 is 1.12 bits per heavy atom. The maximum absolute atomic E-state index is 4.93. The molecule has 0 nitrogen and oxygen atoms in total. The van der Waals surface area contributed by atoms with Crippen molar-refractivity contribution < 1.29 is 20.8 Å². The van der Waals surface area contributed by atoms with Gasteiger partial charge in [0, 0.05) is 0 Å². The molecular formula is C14H20Cl2Zr. The standard InChI is InChI=1S/2C7H10.2ClH.Zr/c2*1-6-3-4-7(2)5-6;;;/h2*3,5H,4H2,1-2H3;2*1H;/q;;;;+2/p-2. The minimum atomic E-state index is -0.826. The van der Waals surface area contributed by atoms with Crippen LogP contribution in [-0.2, 0) is 20.8 Å². The van der Waals surface area contributed by atoms with Crippen LogP contribution in [0.2, 0.25) is 0 Å². The maximum atomic E-state index is 4.93. The fourth-order valence-corrected chi connectivity index (χ4v) is 1.66. The van der Waals surface area contributed by atoms with Crippen molar-refractivity contribution in [1.82, 2.24) is 0 Å². The summed E-state index contributed by atoms with van der Waals surface area (Å²) >= 11 is -0.826. The van der Waals surface area contributed by atoms with E-state index in [0.717, 1.165) is 0 Å². The second kappa shape index (κ2) is 10.4. The molecule has 0 aliphatic heterocycles. The molecule has 2 aliphatic rings. The summed E-state index contributed by atoms with van der Waals surface area (Å²) in [6.45, 7) is 8.59. The average Bonchev–Trinajstić information content (AvgIpc) is 2.78. The number of hydrogen-bond acceptors (Lipinski definition) is 0. The first kappa shape index (κ1) is 17.4. The van der Waals surface area contributed by atoms with Gasteiger partial charge in [0.2, 0.25) is 0 Å². The van der Waals surface area contributed by atoms with E-state index in [4.69, 9.17) is 17.0 Å². The summed E-state index contributed by atoms with van der Waals surface area (Å²) < 4.78 is 0. The van der Waals surface area contributed by atoms with Crippen molar-refractivity contribution in [3.63, 3.8) is 0 Å². The first-order valence-electron chi connectivity index (χ1n) is 5.63. The van der Waals surface area contributed by atoms with E-state index in [1.54, 1.807) is 0 Å². The van der Waals surface area contributed by atoms with Gasteiger partial charge in [0.1, 0.15) is 0 Å². The summed E-state index contributed by atoms with van der Waals surface area (Å²) in [5.74, 6) is 0.